The number of hydrogen-bond donors (Lipinski definition) is 0. The number of anilines is 6. The van der Waals surface area contributed by atoms with E-state index >= 15 is 0 Å². The molecule has 0 fully saturated rings. The molecular formula is C48H42N4Si2. The average molecular weight is 731 g/mol. The zero-order chi connectivity index (χ0) is 37.8. The maximum atomic E-state index is 8.14. The van der Waals surface area contributed by atoms with E-state index in [0.717, 1.165) is 55.7 Å². The number of hydrogen-bond acceptors (Lipinski definition) is 2. The summed E-state index contributed by atoms with van der Waals surface area (Å²) in [7, 11) is -3.29. The second-order valence-corrected chi connectivity index (χ2v) is 26.2. The lowest BCUT2D eigenvalue weighted by atomic mass is 9.91. The Hall–Kier alpha value is -6.19. The summed E-state index contributed by atoms with van der Waals surface area (Å²) in [4.78, 5) is 12.5. The zero-order valence-corrected chi connectivity index (χ0v) is 33.6. The van der Waals surface area contributed by atoms with Gasteiger partial charge in [0.15, 0.2) is 0 Å². The lowest BCUT2D eigenvalue weighted by Crippen LogP contribution is -2.37. The van der Waals surface area contributed by atoms with Gasteiger partial charge in [-0.2, -0.15) is 0 Å². The molecule has 4 nitrogen and oxygen atoms in total. The molecule has 0 saturated carbocycles. The summed E-state index contributed by atoms with van der Waals surface area (Å²) in [5.74, 6) is 0. The third-order valence-electron chi connectivity index (χ3n) is 10.5. The molecule has 0 saturated heterocycles. The molecule has 0 atom stereocenters. The lowest BCUT2D eigenvalue weighted by molar-refractivity contribution is 1.30. The van der Waals surface area contributed by atoms with E-state index in [-0.39, 0.29) is 0 Å². The molecule has 0 unspecified atom stereocenters. The van der Waals surface area contributed by atoms with Crippen LogP contribution in [0.15, 0.2) is 146 Å². The molecule has 0 radical (unpaired) electrons. The number of nitrogens with zero attached hydrogens (tertiary/aromatic N) is 4. The molecule has 8 rings (SSSR count). The second kappa shape index (κ2) is 13.3. The standard InChI is InChI=1S/C48H42N4Si2/c1-49-41-19-9-11-21-45(41)51(35-15-13-17-37(31-35)53(3,4)5)43-29-25-33-24-28-40-44(30-26-34-23-27-39(43)47(33)48(34)40)52(46-22-12-10-20-42(46)50-2)36-16-14-18-38(32-36)54(6,7)8/h9-32H,3-8H3. The van der Waals surface area contributed by atoms with Gasteiger partial charge in [-0.25, -0.2) is 9.69 Å². The van der Waals surface area contributed by atoms with Gasteiger partial charge in [0, 0.05) is 22.1 Å². The molecule has 0 bridgehead atoms. The van der Waals surface area contributed by atoms with Crippen LogP contribution in [-0.2, 0) is 0 Å². The molecular weight excluding hydrogens is 689 g/mol. The maximum absolute atomic E-state index is 8.14. The van der Waals surface area contributed by atoms with Crippen LogP contribution in [0.5, 0.6) is 0 Å². The molecule has 8 aromatic carbocycles. The van der Waals surface area contributed by atoms with Crippen LogP contribution in [0, 0.1) is 13.1 Å². The first kappa shape index (κ1) is 34.9. The van der Waals surface area contributed by atoms with E-state index in [0.29, 0.717) is 11.4 Å². The van der Waals surface area contributed by atoms with Gasteiger partial charge in [0.25, 0.3) is 0 Å². The molecule has 262 valence electrons. The van der Waals surface area contributed by atoms with Crippen molar-refractivity contribution >= 4 is 104 Å². The van der Waals surface area contributed by atoms with Gasteiger partial charge in [-0.1, -0.05) is 147 Å². The highest BCUT2D eigenvalue weighted by Gasteiger charge is 2.26. The van der Waals surface area contributed by atoms with E-state index in [2.05, 4.69) is 168 Å². The van der Waals surface area contributed by atoms with Crippen molar-refractivity contribution < 1.29 is 0 Å². The SMILES string of the molecule is [C-]#[N+]c1ccccc1N(c1cccc([Si](C)(C)C)c1)c1ccc2ccc3c(N(c4cccc([Si](C)(C)C)c4)c4ccccc4[N+]#[C-])ccc4ccc1c2c43. The minimum absolute atomic E-state index is 0.610. The summed E-state index contributed by atoms with van der Waals surface area (Å²) in [6.45, 7) is 30.5. The first-order valence-corrected chi connectivity index (χ1v) is 25.4. The normalized spacial score (nSPS) is 11.9. The summed E-state index contributed by atoms with van der Waals surface area (Å²) in [6.07, 6.45) is 0. The molecule has 6 heteroatoms. The third kappa shape index (κ3) is 6.00. The molecule has 0 heterocycles. The zero-order valence-electron chi connectivity index (χ0n) is 31.6. The van der Waals surface area contributed by atoms with Crippen LogP contribution in [0.25, 0.3) is 42.0 Å². The van der Waals surface area contributed by atoms with Gasteiger partial charge < -0.3 is 9.80 Å². The summed E-state index contributed by atoms with van der Waals surface area (Å²) in [5.41, 5.74) is 7.10. The van der Waals surface area contributed by atoms with Crippen LogP contribution in [0.1, 0.15) is 0 Å². The molecule has 0 amide bonds. The van der Waals surface area contributed by atoms with Gasteiger partial charge in [0.2, 0.25) is 11.4 Å². The van der Waals surface area contributed by atoms with Crippen molar-refractivity contribution in [3.63, 3.8) is 0 Å². The summed E-state index contributed by atoms with van der Waals surface area (Å²) in [6, 6.07) is 51.5. The molecule has 0 N–H and O–H groups in total. The van der Waals surface area contributed by atoms with Crippen LogP contribution in [0.3, 0.4) is 0 Å². The fraction of sp³-hybridized carbons (Fsp3) is 0.125. The van der Waals surface area contributed by atoms with E-state index in [4.69, 9.17) is 13.1 Å². The Balaban J connectivity index is 1.43. The minimum Gasteiger partial charge on any atom is -0.320 e. The second-order valence-electron chi connectivity index (χ2n) is 16.1. The van der Waals surface area contributed by atoms with Crippen LogP contribution < -0.4 is 20.2 Å². The van der Waals surface area contributed by atoms with Crippen LogP contribution in [0.2, 0.25) is 39.3 Å². The first-order valence-electron chi connectivity index (χ1n) is 18.4. The maximum Gasteiger partial charge on any atom is 0.210 e. The summed E-state index contributed by atoms with van der Waals surface area (Å²) in [5, 5.41) is 9.66. The molecule has 54 heavy (non-hydrogen) atoms. The fourth-order valence-electron chi connectivity index (χ4n) is 7.69. The van der Waals surface area contributed by atoms with Gasteiger partial charge in [0.05, 0.1) is 52.0 Å². The van der Waals surface area contributed by atoms with Crippen LogP contribution >= 0.6 is 0 Å². The van der Waals surface area contributed by atoms with E-state index in [1.807, 2.05) is 36.4 Å². The topological polar surface area (TPSA) is 15.2 Å². The number of benzene rings is 8. The Labute approximate surface area is 320 Å². The van der Waals surface area contributed by atoms with E-state index in [9.17, 15) is 0 Å². The van der Waals surface area contributed by atoms with Gasteiger partial charge >= 0.3 is 0 Å². The Bertz CT molecular complexity index is 2600. The Kier molecular flexibility index (Phi) is 8.62. The molecule has 8 aromatic rings. The van der Waals surface area contributed by atoms with E-state index < -0.39 is 16.1 Å². The predicted octanol–water partition coefficient (Wildman–Crippen LogP) is 13.7. The minimum atomic E-state index is -1.64. The Morgan fingerprint density at radius 3 is 1.19 bits per heavy atom. The largest absolute Gasteiger partial charge is 0.320 e. The average Bonchev–Trinajstić information content (AvgIpc) is 3.18. The highest BCUT2D eigenvalue weighted by Crippen LogP contribution is 2.49. The first-order chi connectivity index (χ1) is 26.0. The summed E-state index contributed by atoms with van der Waals surface area (Å²) < 4.78 is 0. The molecule has 0 aliphatic carbocycles. The van der Waals surface area contributed by atoms with Crippen LogP contribution in [-0.4, -0.2) is 16.1 Å². The lowest BCUT2D eigenvalue weighted by Gasteiger charge is -2.31. The molecule has 0 aliphatic heterocycles. The van der Waals surface area contributed by atoms with E-state index in [1.165, 1.54) is 21.1 Å². The van der Waals surface area contributed by atoms with E-state index in [1.54, 1.807) is 0 Å². The van der Waals surface area contributed by atoms with Gasteiger partial charge in [0.1, 0.15) is 0 Å². The highest BCUT2D eigenvalue weighted by molar-refractivity contribution is 6.89. The van der Waals surface area contributed by atoms with Gasteiger partial charge in [-0.15, -0.1) is 0 Å². The molecule has 0 aliphatic rings. The van der Waals surface area contributed by atoms with Crippen molar-refractivity contribution in [3.05, 3.63) is 168 Å². The van der Waals surface area contributed by atoms with Gasteiger partial charge in [-0.05, 0) is 70.1 Å². The Morgan fingerprint density at radius 1 is 0.407 bits per heavy atom. The smallest absolute Gasteiger partial charge is 0.210 e. The predicted molar refractivity (Wildman–Crippen MR) is 238 cm³/mol. The Morgan fingerprint density at radius 2 is 0.796 bits per heavy atom. The monoisotopic (exact) mass is 730 g/mol. The van der Waals surface area contributed by atoms with Crippen molar-refractivity contribution in [2.75, 3.05) is 9.80 Å². The number of rotatable bonds is 8. The summed E-state index contributed by atoms with van der Waals surface area (Å²) >= 11 is 0. The number of para-hydroxylation sites is 4. The van der Waals surface area contributed by atoms with Crippen molar-refractivity contribution in [1.82, 2.24) is 0 Å². The quantitative estimate of drug-likeness (QED) is 0.0878. The molecule has 0 aromatic heterocycles. The van der Waals surface area contributed by atoms with Crippen molar-refractivity contribution in [1.29, 1.82) is 0 Å². The van der Waals surface area contributed by atoms with Crippen molar-refractivity contribution in [2.24, 2.45) is 0 Å². The van der Waals surface area contributed by atoms with Crippen molar-refractivity contribution in [2.45, 2.75) is 39.3 Å². The van der Waals surface area contributed by atoms with Crippen molar-refractivity contribution in [3.8, 4) is 0 Å². The van der Waals surface area contributed by atoms with Gasteiger partial charge in [-0.3, -0.25) is 0 Å². The molecule has 0 spiro atoms. The highest BCUT2D eigenvalue weighted by atomic mass is 28.3. The van der Waals surface area contributed by atoms with Crippen LogP contribution in [0.4, 0.5) is 45.5 Å². The fourth-order valence-corrected chi connectivity index (χ4v) is 10.0. The third-order valence-corrected chi connectivity index (χ3v) is 14.6.